The van der Waals surface area contributed by atoms with E-state index in [9.17, 15) is 4.79 Å². The quantitative estimate of drug-likeness (QED) is 0.800. The van der Waals surface area contributed by atoms with Crippen LogP contribution >= 0.6 is 23.6 Å². The molecule has 0 spiro atoms. The van der Waals surface area contributed by atoms with Crippen molar-refractivity contribution >= 4 is 40.1 Å². The van der Waals surface area contributed by atoms with Crippen LogP contribution in [0.2, 0.25) is 0 Å². The van der Waals surface area contributed by atoms with Crippen LogP contribution in [0.5, 0.6) is 11.5 Å². The fourth-order valence-electron chi connectivity index (χ4n) is 1.53. The van der Waals surface area contributed by atoms with Gasteiger partial charge in [0.25, 0.3) is 5.91 Å². The highest BCUT2D eigenvalue weighted by Gasteiger charge is 2.09. The van der Waals surface area contributed by atoms with Gasteiger partial charge in [-0.15, -0.1) is 11.3 Å². The number of nitrogens with one attached hydrogen (secondary N) is 1. The van der Waals surface area contributed by atoms with E-state index in [0.29, 0.717) is 27.1 Å². The number of benzene rings is 1. The molecule has 0 aliphatic carbocycles. The first-order valence-electron chi connectivity index (χ1n) is 6.03. The largest absolute Gasteiger partial charge is 0.496 e. The fraction of sp³-hybridized carbons (Fsp3) is 0.143. The van der Waals surface area contributed by atoms with Crippen LogP contribution in [-0.4, -0.2) is 24.6 Å². The summed E-state index contributed by atoms with van der Waals surface area (Å²) in [5.41, 5.74) is 6.03. The molecule has 1 heterocycles. The first-order chi connectivity index (χ1) is 10.1. The topological polar surface area (TPSA) is 73.6 Å². The normalized spacial score (nSPS) is 9.95. The number of ether oxygens (including phenoxy) is 2. The van der Waals surface area contributed by atoms with Crippen molar-refractivity contribution in [2.24, 2.45) is 5.73 Å². The van der Waals surface area contributed by atoms with Crippen molar-refractivity contribution in [3.8, 4) is 11.5 Å². The Morgan fingerprint density at radius 2 is 2.05 bits per heavy atom. The molecule has 0 atom stereocenters. The maximum absolute atomic E-state index is 12.0. The molecule has 110 valence electrons. The number of thiophene rings is 1. The third kappa shape index (κ3) is 4.44. The molecule has 0 unspecified atom stereocenters. The Hall–Kier alpha value is -2.12. The SMILES string of the molecule is COc1csc(C(=O)Nc2ccc(OCC(N)=S)cc2)c1. The van der Waals surface area contributed by atoms with Gasteiger partial charge in [-0.1, -0.05) is 12.2 Å². The van der Waals surface area contributed by atoms with E-state index in [0.717, 1.165) is 0 Å². The van der Waals surface area contributed by atoms with E-state index in [4.69, 9.17) is 27.4 Å². The van der Waals surface area contributed by atoms with Crippen LogP contribution in [0.1, 0.15) is 9.67 Å². The Balaban J connectivity index is 1.96. The first kappa shape index (κ1) is 15.3. The minimum absolute atomic E-state index is 0.180. The standard InChI is InChI=1S/C14H14N2O3S2/c1-18-11-6-12(21-8-11)14(17)16-9-2-4-10(5-3-9)19-7-13(15)20/h2-6,8H,7H2,1H3,(H2,15,20)(H,16,17). The third-order valence-electron chi connectivity index (χ3n) is 2.53. The van der Waals surface area contributed by atoms with E-state index in [1.165, 1.54) is 11.3 Å². The van der Waals surface area contributed by atoms with Gasteiger partial charge in [0.1, 0.15) is 23.1 Å². The number of carbonyl (C=O) groups is 1. The van der Waals surface area contributed by atoms with Gasteiger partial charge in [-0.25, -0.2) is 0 Å². The zero-order chi connectivity index (χ0) is 15.2. The lowest BCUT2D eigenvalue weighted by Gasteiger charge is -2.07. The maximum Gasteiger partial charge on any atom is 0.265 e. The van der Waals surface area contributed by atoms with E-state index >= 15 is 0 Å². The van der Waals surface area contributed by atoms with Gasteiger partial charge in [0.15, 0.2) is 0 Å². The van der Waals surface area contributed by atoms with Gasteiger partial charge in [0.2, 0.25) is 0 Å². The van der Waals surface area contributed by atoms with Crippen molar-refractivity contribution in [3.05, 3.63) is 40.6 Å². The van der Waals surface area contributed by atoms with Gasteiger partial charge in [0, 0.05) is 17.1 Å². The van der Waals surface area contributed by atoms with Crippen LogP contribution < -0.4 is 20.5 Å². The molecule has 1 amide bonds. The maximum atomic E-state index is 12.0. The van der Waals surface area contributed by atoms with Crippen molar-refractivity contribution < 1.29 is 14.3 Å². The summed E-state index contributed by atoms with van der Waals surface area (Å²) < 4.78 is 10.4. The fourth-order valence-corrected chi connectivity index (χ4v) is 2.34. The van der Waals surface area contributed by atoms with E-state index in [2.05, 4.69) is 5.32 Å². The Morgan fingerprint density at radius 3 is 2.62 bits per heavy atom. The lowest BCUT2D eigenvalue weighted by molar-refractivity contribution is 0.103. The number of hydrogen-bond acceptors (Lipinski definition) is 5. The van der Waals surface area contributed by atoms with Crippen molar-refractivity contribution in [1.29, 1.82) is 0 Å². The number of amides is 1. The van der Waals surface area contributed by atoms with Crippen LogP contribution in [0.4, 0.5) is 5.69 Å². The Kier molecular flexibility index (Phi) is 5.13. The predicted octanol–water partition coefficient (Wildman–Crippen LogP) is 2.67. The van der Waals surface area contributed by atoms with Gasteiger partial charge < -0.3 is 20.5 Å². The molecule has 0 radical (unpaired) electrons. The second-order valence-corrected chi connectivity index (χ2v) is 5.52. The Morgan fingerprint density at radius 1 is 1.33 bits per heavy atom. The van der Waals surface area contributed by atoms with Gasteiger partial charge in [-0.2, -0.15) is 0 Å². The Bertz CT molecular complexity index is 638. The summed E-state index contributed by atoms with van der Waals surface area (Å²) in [5.74, 6) is 1.13. The summed E-state index contributed by atoms with van der Waals surface area (Å²) in [6, 6.07) is 8.67. The van der Waals surface area contributed by atoms with Crippen LogP contribution in [0, 0.1) is 0 Å². The second kappa shape index (κ2) is 7.05. The monoisotopic (exact) mass is 322 g/mol. The molecule has 0 saturated carbocycles. The smallest absolute Gasteiger partial charge is 0.265 e. The molecule has 0 aliphatic heterocycles. The molecule has 3 N–H and O–H groups in total. The van der Waals surface area contributed by atoms with Crippen LogP contribution in [0.3, 0.4) is 0 Å². The second-order valence-electron chi connectivity index (χ2n) is 4.08. The molecule has 1 aromatic carbocycles. The summed E-state index contributed by atoms with van der Waals surface area (Å²) in [7, 11) is 1.56. The minimum Gasteiger partial charge on any atom is -0.496 e. The van der Waals surface area contributed by atoms with E-state index < -0.39 is 0 Å². The molecule has 2 rings (SSSR count). The lowest BCUT2D eigenvalue weighted by Crippen LogP contribution is -2.17. The molecule has 1 aromatic heterocycles. The average Bonchev–Trinajstić information content (AvgIpc) is 2.95. The van der Waals surface area contributed by atoms with E-state index in [1.807, 2.05) is 0 Å². The molecule has 21 heavy (non-hydrogen) atoms. The van der Waals surface area contributed by atoms with E-state index in [-0.39, 0.29) is 12.5 Å². The number of rotatable bonds is 6. The first-order valence-corrected chi connectivity index (χ1v) is 7.32. The summed E-state index contributed by atoms with van der Waals surface area (Å²) in [6.07, 6.45) is 0. The summed E-state index contributed by atoms with van der Waals surface area (Å²) in [6.45, 7) is 0.191. The molecule has 0 bridgehead atoms. The van der Waals surface area contributed by atoms with Crippen LogP contribution in [-0.2, 0) is 0 Å². The van der Waals surface area contributed by atoms with Gasteiger partial charge >= 0.3 is 0 Å². The molecule has 5 nitrogen and oxygen atoms in total. The molecule has 0 aliphatic rings. The minimum atomic E-state index is -0.180. The average molecular weight is 322 g/mol. The molecule has 0 saturated heterocycles. The number of methoxy groups -OCH3 is 1. The van der Waals surface area contributed by atoms with Crippen LogP contribution in [0.15, 0.2) is 35.7 Å². The van der Waals surface area contributed by atoms with Gasteiger partial charge in [-0.3, -0.25) is 4.79 Å². The zero-order valence-electron chi connectivity index (χ0n) is 11.3. The molecular weight excluding hydrogens is 308 g/mol. The number of thiocarbonyl (C=S) groups is 1. The molecule has 0 fully saturated rings. The predicted molar refractivity (Wildman–Crippen MR) is 87.5 cm³/mol. The van der Waals surface area contributed by atoms with Crippen molar-refractivity contribution in [2.45, 2.75) is 0 Å². The molecular formula is C14H14N2O3S2. The Labute approximate surface area is 131 Å². The summed E-state index contributed by atoms with van der Waals surface area (Å²) in [5, 5.41) is 4.58. The third-order valence-corrected chi connectivity index (χ3v) is 3.55. The number of anilines is 1. The van der Waals surface area contributed by atoms with Gasteiger partial charge in [-0.05, 0) is 24.3 Å². The molecule has 2 aromatic rings. The van der Waals surface area contributed by atoms with Crippen molar-refractivity contribution in [1.82, 2.24) is 0 Å². The summed E-state index contributed by atoms with van der Waals surface area (Å²) >= 11 is 6.06. The number of hydrogen-bond donors (Lipinski definition) is 2. The zero-order valence-corrected chi connectivity index (χ0v) is 12.9. The highest BCUT2D eigenvalue weighted by atomic mass is 32.1. The highest BCUT2D eigenvalue weighted by Crippen LogP contribution is 2.23. The molecule has 7 heteroatoms. The number of carbonyl (C=O) groups excluding carboxylic acids is 1. The van der Waals surface area contributed by atoms with E-state index in [1.54, 1.807) is 42.8 Å². The van der Waals surface area contributed by atoms with Crippen molar-refractivity contribution in [2.75, 3.05) is 19.0 Å². The summed E-state index contributed by atoms with van der Waals surface area (Å²) in [4.78, 5) is 12.9. The number of nitrogens with two attached hydrogens (primary N) is 1. The highest BCUT2D eigenvalue weighted by molar-refractivity contribution is 7.80. The van der Waals surface area contributed by atoms with Crippen LogP contribution in [0.25, 0.3) is 0 Å². The van der Waals surface area contributed by atoms with Gasteiger partial charge in [0.05, 0.1) is 12.0 Å². The van der Waals surface area contributed by atoms with Crippen molar-refractivity contribution in [3.63, 3.8) is 0 Å². The lowest BCUT2D eigenvalue weighted by atomic mass is 10.3.